The zero-order valence-corrected chi connectivity index (χ0v) is 19.7. The summed E-state index contributed by atoms with van der Waals surface area (Å²) in [5.41, 5.74) is 5.72. The van der Waals surface area contributed by atoms with Gasteiger partial charge in [-0.3, -0.25) is 4.57 Å². The highest BCUT2D eigenvalue weighted by molar-refractivity contribution is 7.07. The number of methoxy groups -OCH3 is 1. The lowest BCUT2D eigenvalue weighted by Gasteiger charge is -2.09. The van der Waals surface area contributed by atoms with Gasteiger partial charge in [-0.15, -0.1) is 11.3 Å². The molecule has 0 amide bonds. The summed E-state index contributed by atoms with van der Waals surface area (Å²) in [4.78, 5) is 5.78. The smallest absolute Gasteiger partial charge is 0.195 e. The predicted octanol–water partition coefficient (Wildman–Crippen LogP) is 6.91. The zero-order chi connectivity index (χ0) is 23.3. The van der Waals surface area contributed by atoms with E-state index < -0.39 is 0 Å². The van der Waals surface area contributed by atoms with Crippen LogP contribution < -0.4 is 9.54 Å². The van der Waals surface area contributed by atoms with Gasteiger partial charge in [0.05, 0.1) is 18.5 Å². The second-order valence-electron chi connectivity index (χ2n) is 7.64. The summed E-state index contributed by atoms with van der Waals surface area (Å²) in [5, 5.41) is 6.42. The van der Waals surface area contributed by atoms with Crippen molar-refractivity contribution < 1.29 is 9.26 Å². The molecular weight excluding hydrogens is 442 g/mol. The molecule has 3 aromatic carbocycles. The third-order valence-electron chi connectivity index (χ3n) is 5.38. The van der Waals surface area contributed by atoms with E-state index in [1.54, 1.807) is 18.4 Å². The van der Waals surface area contributed by atoms with Gasteiger partial charge in [0.2, 0.25) is 0 Å². The number of hydrogen-bond donors (Lipinski definition) is 0. The average molecular weight is 466 g/mol. The number of hydrogen-bond acceptors (Lipinski definition) is 5. The molecule has 0 aliphatic heterocycles. The van der Waals surface area contributed by atoms with Crippen molar-refractivity contribution in [3.63, 3.8) is 0 Å². The molecule has 5 nitrogen and oxygen atoms in total. The highest BCUT2D eigenvalue weighted by atomic mass is 32.1. The standard InChI is InChI=1S/C28H23N3O2S/c1-20-27(26(33-30-20)18-15-21-13-16-24(32-2)17-14-21)31-25(22-9-5-3-6-10-22)19-34-28(31)29-23-11-7-4-8-12-23/h3-19H,1-2H3/b18-15+,29-28?. The van der Waals surface area contributed by atoms with Crippen LogP contribution in [-0.4, -0.2) is 16.8 Å². The van der Waals surface area contributed by atoms with Gasteiger partial charge < -0.3 is 9.26 Å². The van der Waals surface area contributed by atoms with Gasteiger partial charge in [0.1, 0.15) is 17.1 Å². The maximum absolute atomic E-state index is 5.76. The Balaban J connectivity index is 1.66. The van der Waals surface area contributed by atoms with Crippen molar-refractivity contribution in [3.8, 4) is 22.7 Å². The van der Waals surface area contributed by atoms with E-state index in [0.717, 1.165) is 44.4 Å². The van der Waals surface area contributed by atoms with Crippen LogP contribution in [0.1, 0.15) is 17.0 Å². The first-order chi connectivity index (χ1) is 16.7. The van der Waals surface area contributed by atoms with Gasteiger partial charge in [0.15, 0.2) is 10.6 Å². The van der Waals surface area contributed by atoms with E-state index in [0.29, 0.717) is 5.76 Å². The Morgan fingerprint density at radius 2 is 1.62 bits per heavy atom. The molecule has 168 valence electrons. The van der Waals surface area contributed by atoms with E-state index in [4.69, 9.17) is 14.3 Å². The van der Waals surface area contributed by atoms with Crippen LogP contribution in [0.3, 0.4) is 0 Å². The topological polar surface area (TPSA) is 52.6 Å². The van der Waals surface area contributed by atoms with Crippen LogP contribution in [0.15, 0.2) is 99.8 Å². The maximum atomic E-state index is 5.76. The number of aromatic nitrogens is 2. The first-order valence-electron chi connectivity index (χ1n) is 10.9. The Hall–Kier alpha value is -4.16. The number of para-hydroxylation sites is 1. The van der Waals surface area contributed by atoms with Gasteiger partial charge in [0.25, 0.3) is 0 Å². The summed E-state index contributed by atoms with van der Waals surface area (Å²) in [5.74, 6) is 1.49. The van der Waals surface area contributed by atoms with E-state index in [2.05, 4.69) is 27.2 Å². The molecule has 0 fully saturated rings. The second-order valence-corrected chi connectivity index (χ2v) is 8.48. The van der Waals surface area contributed by atoms with Crippen LogP contribution in [0.2, 0.25) is 0 Å². The summed E-state index contributed by atoms with van der Waals surface area (Å²) in [6.45, 7) is 1.95. The Labute approximate surface area is 201 Å². The molecule has 0 N–H and O–H groups in total. The quantitative estimate of drug-likeness (QED) is 0.274. The van der Waals surface area contributed by atoms with Gasteiger partial charge in [-0.2, -0.15) is 0 Å². The van der Waals surface area contributed by atoms with Gasteiger partial charge in [-0.1, -0.05) is 71.9 Å². The second kappa shape index (κ2) is 9.77. The molecule has 0 bridgehead atoms. The molecule has 2 heterocycles. The van der Waals surface area contributed by atoms with Crippen molar-refractivity contribution in [1.29, 1.82) is 0 Å². The number of aryl methyl sites for hydroxylation is 1. The van der Waals surface area contributed by atoms with Crippen LogP contribution in [0.4, 0.5) is 5.69 Å². The van der Waals surface area contributed by atoms with Crippen molar-refractivity contribution in [3.05, 3.63) is 112 Å². The fourth-order valence-corrected chi connectivity index (χ4v) is 4.59. The highest BCUT2D eigenvalue weighted by Gasteiger charge is 2.19. The summed E-state index contributed by atoms with van der Waals surface area (Å²) in [6.07, 6.45) is 3.95. The molecule has 0 unspecified atom stereocenters. The molecule has 5 rings (SSSR count). The van der Waals surface area contributed by atoms with Crippen molar-refractivity contribution in [1.82, 2.24) is 9.72 Å². The molecule has 0 saturated carbocycles. The molecule has 0 saturated heterocycles. The lowest BCUT2D eigenvalue weighted by atomic mass is 10.1. The summed E-state index contributed by atoms with van der Waals surface area (Å²) >= 11 is 1.59. The zero-order valence-electron chi connectivity index (χ0n) is 18.9. The van der Waals surface area contributed by atoms with Crippen molar-refractivity contribution >= 4 is 29.2 Å². The van der Waals surface area contributed by atoms with Crippen LogP contribution in [0.5, 0.6) is 5.75 Å². The first-order valence-corrected chi connectivity index (χ1v) is 11.8. The molecule has 6 heteroatoms. The minimum Gasteiger partial charge on any atom is -0.497 e. The van der Waals surface area contributed by atoms with Crippen molar-refractivity contribution in [2.24, 2.45) is 4.99 Å². The van der Waals surface area contributed by atoms with Crippen molar-refractivity contribution in [2.75, 3.05) is 7.11 Å². The molecule has 0 aliphatic carbocycles. The molecular formula is C28H23N3O2S. The number of rotatable bonds is 6. The maximum Gasteiger partial charge on any atom is 0.195 e. The van der Waals surface area contributed by atoms with Crippen LogP contribution in [0, 0.1) is 6.92 Å². The number of ether oxygens (including phenoxy) is 1. The van der Waals surface area contributed by atoms with Gasteiger partial charge in [0, 0.05) is 5.38 Å². The Bertz CT molecular complexity index is 1480. The average Bonchev–Trinajstić information content (AvgIpc) is 3.46. The predicted molar refractivity (Wildman–Crippen MR) is 137 cm³/mol. The lowest BCUT2D eigenvalue weighted by molar-refractivity contribution is 0.408. The molecule has 34 heavy (non-hydrogen) atoms. The number of benzene rings is 3. The molecule has 0 aliphatic rings. The van der Waals surface area contributed by atoms with E-state index in [1.165, 1.54) is 0 Å². The number of nitrogens with zero attached hydrogens (tertiary/aromatic N) is 3. The largest absolute Gasteiger partial charge is 0.497 e. The Kier molecular flexibility index (Phi) is 6.23. The van der Waals surface area contributed by atoms with Gasteiger partial charge >= 0.3 is 0 Å². The molecule has 0 spiro atoms. The van der Waals surface area contributed by atoms with Crippen LogP contribution in [-0.2, 0) is 0 Å². The van der Waals surface area contributed by atoms with E-state index >= 15 is 0 Å². The minimum atomic E-state index is 0.665. The molecule has 2 aromatic heterocycles. The molecule has 0 atom stereocenters. The Morgan fingerprint density at radius 1 is 0.912 bits per heavy atom. The van der Waals surface area contributed by atoms with Crippen LogP contribution >= 0.6 is 11.3 Å². The fourth-order valence-electron chi connectivity index (χ4n) is 3.68. The van der Waals surface area contributed by atoms with Gasteiger partial charge in [-0.05, 0) is 48.4 Å². The highest BCUT2D eigenvalue weighted by Crippen LogP contribution is 2.29. The molecule has 0 radical (unpaired) electrons. The Morgan fingerprint density at radius 3 is 2.32 bits per heavy atom. The van der Waals surface area contributed by atoms with E-state index in [-0.39, 0.29) is 0 Å². The fraction of sp³-hybridized carbons (Fsp3) is 0.0714. The van der Waals surface area contributed by atoms with Crippen LogP contribution in [0.25, 0.3) is 29.1 Å². The SMILES string of the molecule is COc1ccc(/C=C/c2onc(C)c2-n2c(-c3ccccc3)csc2=Nc2ccccc2)cc1. The van der Waals surface area contributed by atoms with Crippen molar-refractivity contribution in [2.45, 2.75) is 6.92 Å². The summed E-state index contributed by atoms with van der Waals surface area (Å²) < 4.78 is 13.1. The first kappa shape index (κ1) is 21.7. The minimum absolute atomic E-state index is 0.665. The monoisotopic (exact) mass is 465 g/mol. The van der Waals surface area contributed by atoms with E-state index in [1.807, 2.05) is 91.9 Å². The van der Waals surface area contributed by atoms with Gasteiger partial charge in [-0.25, -0.2) is 4.99 Å². The third-order valence-corrected chi connectivity index (χ3v) is 6.21. The normalized spacial score (nSPS) is 11.9. The van der Waals surface area contributed by atoms with E-state index in [9.17, 15) is 0 Å². The molecule has 5 aromatic rings. The summed E-state index contributed by atoms with van der Waals surface area (Å²) in [7, 11) is 1.66. The number of thiazole rings is 1. The third kappa shape index (κ3) is 4.49. The summed E-state index contributed by atoms with van der Waals surface area (Å²) in [6, 6.07) is 28.1. The lowest BCUT2D eigenvalue weighted by Crippen LogP contribution is -2.15.